The summed E-state index contributed by atoms with van der Waals surface area (Å²) in [7, 11) is 0. The number of hydrogen-bond donors (Lipinski definition) is 0. The Balaban J connectivity index is 1.07. The molecule has 10 aromatic rings. The second-order valence-corrected chi connectivity index (χ2v) is 14.1. The van der Waals surface area contributed by atoms with Gasteiger partial charge >= 0.3 is 0 Å². The fourth-order valence-electron chi connectivity index (χ4n) is 8.05. The summed E-state index contributed by atoms with van der Waals surface area (Å²) >= 11 is 0. The van der Waals surface area contributed by atoms with Gasteiger partial charge in [-0.15, -0.1) is 0 Å². The quantitative estimate of drug-likeness (QED) is 0.150. The highest BCUT2D eigenvalue weighted by Crippen LogP contribution is 2.42. The Morgan fingerprint density at radius 1 is 0.255 bits per heavy atom. The third-order valence-electron chi connectivity index (χ3n) is 10.9. The molecule has 0 atom stereocenters. The van der Waals surface area contributed by atoms with Crippen molar-refractivity contribution in [2.24, 2.45) is 0 Å². The number of fused-ring (bicyclic) bond motifs is 5. The van der Waals surface area contributed by atoms with Crippen LogP contribution in [0, 0.1) is 0 Å². The van der Waals surface area contributed by atoms with Gasteiger partial charge in [0.2, 0.25) is 0 Å². The second kappa shape index (κ2) is 14.0. The third-order valence-corrected chi connectivity index (χ3v) is 10.9. The van der Waals surface area contributed by atoms with Gasteiger partial charge < -0.3 is 4.90 Å². The van der Waals surface area contributed by atoms with E-state index in [0.717, 1.165) is 17.1 Å². The van der Waals surface area contributed by atoms with E-state index in [-0.39, 0.29) is 0 Å². The van der Waals surface area contributed by atoms with Crippen LogP contribution < -0.4 is 4.90 Å². The normalized spacial score (nSPS) is 11.3. The lowest BCUT2D eigenvalue weighted by atomic mass is 9.94. The van der Waals surface area contributed by atoms with E-state index in [9.17, 15) is 0 Å². The van der Waals surface area contributed by atoms with E-state index in [0.29, 0.717) is 0 Å². The Kier molecular flexibility index (Phi) is 8.24. The van der Waals surface area contributed by atoms with E-state index >= 15 is 0 Å². The smallest absolute Gasteiger partial charge is 0.0540 e. The molecule has 0 fully saturated rings. The second-order valence-electron chi connectivity index (χ2n) is 14.1. The standard InChI is InChI=1S/C54H37N/c1-3-11-38(12-4-1)40-19-21-44(22-20-40)50-16-9-10-18-53(50)55(48-33-29-41(30-34-48)39-13-5-2-6-14-39)49-35-31-42(32-36-49)47-28-25-45-24-27-46-26-23-43-15-7-8-17-51(43)54(46)52(45)37-47/h1-37H. The average molecular weight is 700 g/mol. The maximum absolute atomic E-state index is 2.39. The Hall–Kier alpha value is -7.22. The summed E-state index contributed by atoms with van der Waals surface area (Å²) in [6.45, 7) is 0. The first kappa shape index (κ1) is 32.4. The van der Waals surface area contributed by atoms with Gasteiger partial charge in [-0.3, -0.25) is 0 Å². The number of nitrogens with zero attached hydrogens (tertiary/aromatic N) is 1. The Labute approximate surface area is 322 Å². The van der Waals surface area contributed by atoms with Crippen LogP contribution in [0.15, 0.2) is 224 Å². The molecule has 0 radical (unpaired) electrons. The first-order valence-corrected chi connectivity index (χ1v) is 18.9. The van der Waals surface area contributed by atoms with Gasteiger partial charge in [-0.05, 0) is 108 Å². The molecule has 0 spiro atoms. The monoisotopic (exact) mass is 699 g/mol. The van der Waals surface area contributed by atoms with Crippen LogP contribution in [0.4, 0.5) is 17.1 Å². The van der Waals surface area contributed by atoms with Crippen molar-refractivity contribution in [3.8, 4) is 44.5 Å². The Morgan fingerprint density at radius 3 is 1.31 bits per heavy atom. The van der Waals surface area contributed by atoms with Gasteiger partial charge in [0.1, 0.15) is 0 Å². The predicted octanol–water partition coefficient (Wildman–Crippen LogP) is 15.3. The summed E-state index contributed by atoms with van der Waals surface area (Å²) in [5, 5.41) is 7.67. The molecule has 0 N–H and O–H groups in total. The molecule has 0 bridgehead atoms. The summed E-state index contributed by atoms with van der Waals surface area (Å²) in [4.78, 5) is 2.39. The maximum atomic E-state index is 2.39. The summed E-state index contributed by atoms with van der Waals surface area (Å²) in [6, 6.07) is 81.4. The number of para-hydroxylation sites is 1. The molecule has 0 saturated heterocycles. The van der Waals surface area contributed by atoms with Crippen molar-refractivity contribution < 1.29 is 0 Å². The first-order chi connectivity index (χ1) is 27.3. The van der Waals surface area contributed by atoms with Gasteiger partial charge in [-0.2, -0.15) is 0 Å². The van der Waals surface area contributed by atoms with Crippen LogP contribution in [0.1, 0.15) is 0 Å². The minimum atomic E-state index is 1.10. The molecule has 0 amide bonds. The van der Waals surface area contributed by atoms with Crippen molar-refractivity contribution in [3.63, 3.8) is 0 Å². The molecule has 0 aromatic heterocycles. The number of anilines is 3. The zero-order chi connectivity index (χ0) is 36.6. The first-order valence-electron chi connectivity index (χ1n) is 18.9. The highest BCUT2D eigenvalue weighted by atomic mass is 15.1. The van der Waals surface area contributed by atoms with Crippen LogP contribution in [0.2, 0.25) is 0 Å². The Bertz CT molecular complexity index is 2920. The number of rotatable bonds is 7. The van der Waals surface area contributed by atoms with E-state index in [1.54, 1.807) is 0 Å². The highest BCUT2D eigenvalue weighted by Gasteiger charge is 2.18. The van der Waals surface area contributed by atoms with Crippen LogP contribution in [0.5, 0.6) is 0 Å². The lowest BCUT2D eigenvalue weighted by Gasteiger charge is -2.28. The van der Waals surface area contributed by atoms with E-state index in [1.807, 2.05) is 0 Å². The lowest BCUT2D eigenvalue weighted by Crippen LogP contribution is -2.11. The average Bonchev–Trinajstić information content (AvgIpc) is 3.27. The van der Waals surface area contributed by atoms with Gasteiger partial charge in [-0.25, -0.2) is 0 Å². The van der Waals surface area contributed by atoms with Crippen molar-refractivity contribution in [2.45, 2.75) is 0 Å². The fraction of sp³-hybridized carbons (Fsp3) is 0. The molecule has 0 aliphatic heterocycles. The zero-order valence-corrected chi connectivity index (χ0v) is 30.3. The van der Waals surface area contributed by atoms with E-state index < -0.39 is 0 Å². The largest absolute Gasteiger partial charge is 0.310 e. The summed E-state index contributed by atoms with van der Waals surface area (Å²) in [6.07, 6.45) is 0. The predicted molar refractivity (Wildman–Crippen MR) is 235 cm³/mol. The van der Waals surface area contributed by atoms with Crippen molar-refractivity contribution in [2.75, 3.05) is 4.90 Å². The molecule has 0 unspecified atom stereocenters. The van der Waals surface area contributed by atoms with Crippen LogP contribution >= 0.6 is 0 Å². The topological polar surface area (TPSA) is 3.24 Å². The molecule has 0 heterocycles. The van der Waals surface area contributed by atoms with Crippen molar-refractivity contribution in [3.05, 3.63) is 224 Å². The summed E-state index contributed by atoms with van der Waals surface area (Å²) in [5.74, 6) is 0. The number of hydrogen-bond acceptors (Lipinski definition) is 1. The summed E-state index contributed by atoms with van der Waals surface area (Å²) < 4.78 is 0. The molecule has 10 rings (SSSR count). The van der Waals surface area contributed by atoms with Gasteiger partial charge in [0.05, 0.1) is 5.69 Å². The SMILES string of the molecule is c1ccc(-c2ccc(-c3ccccc3N(c3ccc(-c4ccccc4)cc3)c3ccc(-c4ccc5ccc6ccc7ccccc7c6c5c4)cc3)cc2)cc1. The molecule has 1 nitrogen and oxygen atoms in total. The van der Waals surface area contributed by atoms with Gasteiger partial charge in [-0.1, -0.05) is 188 Å². The van der Waals surface area contributed by atoms with Crippen molar-refractivity contribution in [1.29, 1.82) is 0 Å². The minimum Gasteiger partial charge on any atom is -0.310 e. The summed E-state index contributed by atoms with van der Waals surface area (Å²) in [5.41, 5.74) is 12.9. The van der Waals surface area contributed by atoms with Gasteiger partial charge in [0, 0.05) is 16.9 Å². The molecular weight excluding hydrogens is 663 g/mol. The maximum Gasteiger partial charge on any atom is 0.0540 e. The molecule has 10 aromatic carbocycles. The van der Waals surface area contributed by atoms with E-state index in [2.05, 4.69) is 229 Å². The van der Waals surface area contributed by atoms with Crippen molar-refractivity contribution in [1.82, 2.24) is 0 Å². The zero-order valence-electron chi connectivity index (χ0n) is 30.3. The van der Waals surface area contributed by atoms with Crippen LogP contribution in [0.3, 0.4) is 0 Å². The third kappa shape index (κ3) is 6.12. The number of benzene rings is 10. The lowest BCUT2D eigenvalue weighted by molar-refractivity contribution is 1.28. The molecule has 0 aliphatic rings. The van der Waals surface area contributed by atoms with Gasteiger partial charge in [0.15, 0.2) is 0 Å². The molecule has 55 heavy (non-hydrogen) atoms. The minimum absolute atomic E-state index is 1.10. The fourth-order valence-corrected chi connectivity index (χ4v) is 8.05. The molecule has 0 saturated carbocycles. The highest BCUT2D eigenvalue weighted by molar-refractivity contribution is 6.20. The molecule has 1 heteroatoms. The molecular formula is C54H37N. The van der Waals surface area contributed by atoms with Crippen LogP contribution in [-0.2, 0) is 0 Å². The van der Waals surface area contributed by atoms with Crippen LogP contribution in [-0.4, -0.2) is 0 Å². The van der Waals surface area contributed by atoms with Gasteiger partial charge in [0.25, 0.3) is 0 Å². The van der Waals surface area contributed by atoms with Crippen LogP contribution in [0.25, 0.3) is 76.8 Å². The van der Waals surface area contributed by atoms with E-state index in [1.165, 1.54) is 76.8 Å². The molecule has 258 valence electrons. The molecule has 0 aliphatic carbocycles. The van der Waals surface area contributed by atoms with E-state index in [4.69, 9.17) is 0 Å². The Morgan fingerprint density at radius 2 is 0.673 bits per heavy atom. The van der Waals surface area contributed by atoms with Crippen molar-refractivity contribution >= 4 is 49.4 Å².